The maximum Gasteiger partial charge on any atom is 0.350 e. The average Bonchev–Trinajstić information content (AvgIpc) is 2.89. The molecule has 0 atom stereocenters. The van der Waals surface area contributed by atoms with E-state index in [9.17, 15) is 14.4 Å². The molecule has 25 heavy (non-hydrogen) atoms. The maximum atomic E-state index is 11.9. The van der Waals surface area contributed by atoms with E-state index in [-0.39, 0.29) is 11.5 Å². The number of hydrogen-bond acceptors (Lipinski definition) is 6. The maximum absolute atomic E-state index is 11.9. The van der Waals surface area contributed by atoms with E-state index in [1.807, 2.05) is 6.07 Å². The molecule has 1 saturated heterocycles. The minimum Gasteiger partial charge on any atom is -0.419 e. The highest BCUT2D eigenvalue weighted by Gasteiger charge is 2.39. The zero-order valence-electron chi connectivity index (χ0n) is 14.0. The second-order valence-corrected chi connectivity index (χ2v) is 7.12. The number of carbonyl (C=O) groups excluding carboxylic acids is 3. The number of anilines is 2. The number of halogens is 1. The van der Waals surface area contributed by atoms with E-state index in [4.69, 9.17) is 9.47 Å². The summed E-state index contributed by atoms with van der Waals surface area (Å²) in [5.41, 5.74) is 2.32. The lowest BCUT2D eigenvalue weighted by Crippen LogP contribution is -2.42. The number of ether oxygens (including phenoxy) is 2. The predicted octanol–water partition coefficient (Wildman–Crippen LogP) is 2.49. The van der Waals surface area contributed by atoms with Crippen LogP contribution in [0.25, 0.3) is 0 Å². The molecule has 7 nitrogen and oxygen atoms in total. The van der Waals surface area contributed by atoms with Gasteiger partial charge in [0.15, 0.2) is 5.57 Å². The highest BCUT2D eigenvalue weighted by molar-refractivity contribution is 9.10. The van der Waals surface area contributed by atoms with Crippen LogP contribution >= 0.6 is 15.9 Å². The summed E-state index contributed by atoms with van der Waals surface area (Å²) in [6.45, 7) is 5.14. The SMILES string of the molecule is CC(=O)N1CCc2cc(NC=C3C(=O)OC(C)(C)OC3=O)cc(Br)c21. The van der Waals surface area contributed by atoms with Gasteiger partial charge in [0.1, 0.15) is 0 Å². The Balaban J connectivity index is 1.83. The molecule has 1 amide bonds. The van der Waals surface area contributed by atoms with E-state index in [0.29, 0.717) is 12.2 Å². The molecule has 0 aromatic heterocycles. The number of cyclic esters (lactones) is 2. The summed E-state index contributed by atoms with van der Waals surface area (Å²) >= 11 is 3.47. The summed E-state index contributed by atoms with van der Waals surface area (Å²) in [7, 11) is 0. The summed E-state index contributed by atoms with van der Waals surface area (Å²) in [5.74, 6) is -2.76. The van der Waals surface area contributed by atoms with E-state index in [1.54, 1.807) is 11.0 Å². The molecule has 2 aliphatic rings. The van der Waals surface area contributed by atoms with Crippen molar-refractivity contribution in [3.05, 3.63) is 33.9 Å². The van der Waals surface area contributed by atoms with Crippen molar-refractivity contribution in [2.45, 2.75) is 33.0 Å². The van der Waals surface area contributed by atoms with E-state index in [0.717, 1.165) is 22.1 Å². The van der Waals surface area contributed by atoms with Crippen molar-refractivity contribution >= 4 is 45.2 Å². The third-order valence-corrected chi connectivity index (χ3v) is 4.50. The average molecular weight is 409 g/mol. The van der Waals surface area contributed by atoms with Crippen molar-refractivity contribution in [2.24, 2.45) is 0 Å². The molecule has 1 N–H and O–H groups in total. The molecule has 0 unspecified atom stereocenters. The third-order valence-electron chi connectivity index (χ3n) is 3.90. The van der Waals surface area contributed by atoms with Crippen LogP contribution in [0.2, 0.25) is 0 Å². The molecule has 8 heteroatoms. The van der Waals surface area contributed by atoms with Gasteiger partial charge in [0.25, 0.3) is 5.79 Å². The van der Waals surface area contributed by atoms with Gasteiger partial charge in [0.2, 0.25) is 5.91 Å². The van der Waals surface area contributed by atoms with Crippen molar-refractivity contribution in [2.75, 3.05) is 16.8 Å². The van der Waals surface area contributed by atoms with Gasteiger partial charge in [-0.3, -0.25) is 4.79 Å². The summed E-state index contributed by atoms with van der Waals surface area (Å²) in [4.78, 5) is 37.2. The Morgan fingerprint density at radius 1 is 1.28 bits per heavy atom. The number of hydrogen-bond donors (Lipinski definition) is 1. The molecule has 132 valence electrons. The number of benzene rings is 1. The van der Waals surface area contributed by atoms with Crippen molar-refractivity contribution in [1.29, 1.82) is 0 Å². The highest BCUT2D eigenvalue weighted by atomic mass is 79.9. The molecule has 0 saturated carbocycles. The molecule has 2 aliphatic heterocycles. The van der Waals surface area contributed by atoms with Crippen molar-refractivity contribution < 1.29 is 23.9 Å². The molecule has 1 aromatic carbocycles. The van der Waals surface area contributed by atoms with Crippen molar-refractivity contribution in [3.63, 3.8) is 0 Å². The summed E-state index contributed by atoms with van der Waals surface area (Å²) < 4.78 is 10.8. The molecular weight excluding hydrogens is 392 g/mol. The van der Waals surface area contributed by atoms with E-state index >= 15 is 0 Å². The molecule has 0 radical (unpaired) electrons. The fourth-order valence-electron chi connectivity index (χ4n) is 2.83. The first kappa shape index (κ1) is 17.5. The number of amides is 1. The van der Waals surface area contributed by atoms with Gasteiger partial charge in [-0.05, 0) is 40.0 Å². The minimum atomic E-state index is -1.27. The minimum absolute atomic E-state index is 0.0161. The van der Waals surface area contributed by atoms with Gasteiger partial charge in [-0.1, -0.05) is 0 Å². The molecule has 1 aromatic rings. The monoisotopic (exact) mass is 408 g/mol. The second-order valence-electron chi connectivity index (χ2n) is 6.27. The Kier molecular flexibility index (Phi) is 4.32. The lowest BCUT2D eigenvalue weighted by molar-refractivity contribution is -0.222. The van der Waals surface area contributed by atoms with Crippen LogP contribution in [0, 0.1) is 0 Å². The van der Waals surface area contributed by atoms with Gasteiger partial charge in [0.05, 0.1) is 5.69 Å². The lowest BCUT2D eigenvalue weighted by atomic mass is 10.1. The molecule has 3 rings (SSSR count). The summed E-state index contributed by atoms with van der Waals surface area (Å²) in [5, 5.41) is 2.92. The first-order chi connectivity index (χ1) is 11.7. The number of carbonyl (C=O) groups is 3. The Bertz CT molecular complexity index is 794. The van der Waals surface area contributed by atoms with E-state index in [1.165, 1.54) is 27.0 Å². The Labute approximate surface area is 153 Å². The van der Waals surface area contributed by atoms with Crippen LogP contribution in [-0.4, -0.2) is 30.2 Å². The first-order valence-corrected chi connectivity index (χ1v) is 8.51. The van der Waals surface area contributed by atoms with E-state index in [2.05, 4.69) is 21.2 Å². The van der Waals surface area contributed by atoms with E-state index < -0.39 is 17.7 Å². The molecule has 0 spiro atoms. The summed E-state index contributed by atoms with van der Waals surface area (Å²) in [6, 6.07) is 3.66. The Hall–Kier alpha value is -2.35. The van der Waals surface area contributed by atoms with Gasteiger partial charge in [-0.2, -0.15) is 0 Å². The van der Waals surface area contributed by atoms with Gasteiger partial charge < -0.3 is 19.7 Å². The smallest absolute Gasteiger partial charge is 0.350 e. The number of rotatable bonds is 2. The van der Waals surface area contributed by atoms with Gasteiger partial charge in [0, 0.05) is 43.7 Å². The molecule has 1 fully saturated rings. The lowest BCUT2D eigenvalue weighted by Gasteiger charge is -2.29. The normalized spacial score (nSPS) is 18.4. The number of fused-ring (bicyclic) bond motifs is 1. The topological polar surface area (TPSA) is 84.9 Å². The van der Waals surface area contributed by atoms with Gasteiger partial charge in [-0.15, -0.1) is 0 Å². The van der Waals surface area contributed by atoms with Gasteiger partial charge in [-0.25, -0.2) is 9.59 Å². The van der Waals surface area contributed by atoms with Crippen LogP contribution in [0.3, 0.4) is 0 Å². The molecular formula is C17H17BrN2O5. The molecule has 0 aliphatic carbocycles. The zero-order valence-corrected chi connectivity index (χ0v) is 15.6. The Morgan fingerprint density at radius 2 is 1.92 bits per heavy atom. The van der Waals surface area contributed by atoms with Crippen LogP contribution in [-0.2, 0) is 30.3 Å². The number of nitrogens with zero attached hydrogens (tertiary/aromatic N) is 1. The molecule has 2 heterocycles. The predicted molar refractivity (Wildman–Crippen MR) is 93.8 cm³/mol. The number of esters is 2. The first-order valence-electron chi connectivity index (χ1n) is 7.72. The highest BCUT2D eigenvalue weighted by Crippen LogP contribution is 2.38. The van der Waals surface area contributed by atoms with Crippen LogP contribution < -0.4 is 10.2 Å². The number of nitrogens with one attached hydrogen (secondary N) is 1. The van der Waals surface area contributed by atoms with Crippen LogP contribution in [0.1, 0.15) is 26.3 Å². The fraction of sp³-hybridized carbons (Fsp3) is 0.353. The largest absolute Gasteiger partial charge is 0.419 e. The quantitative estimate of drug-likeness (QED) is 0.459. The van der Waals surface area contributed by atoms with Crippen molar-refractivity contribution in [1.82, 2.24) is 0 Å². The van der Waals surface area contributed by atoms with Crippen molar-refractivity contribution in [3.8, 4) is 0 Å². The third kappa shape index (κ3) is 3.39. The van der Waals surface area contributed by atoms with Gasteiger partial charge >= 0.3 is 11.9 Å². The summed E-state index contributed by atoms with van der Waals surface area (Å²) in [6.07, 6.45) is 2.00. The zero-order chi connectivity index (χ0) is 18.4. The second kappa shape index (κ2) is 6.18. The standard InChI is InChI=1S/C17H17BrN2O5/c1-9(21)20-5-4-10-6-11(7-13(18)14(10)20)19-8-12-15(22)24-17(2,3)25-16(12)23/h6-8,19H,4-5H2,1-3H3. The fourth-order valence-corrected chi connectivity index (χ4v) is 3.54. The van der Waals surface area contributed by atoms with Crippen LogP contribution in [0.4, 0.5) is 11.4 Å². The molecule has 0 bridgehead atoms. The van der Waals surface area contributed by atoms with Crippen LogP contribution in [0.15, 0.2) is 28.4 Å². The Morgan fingerprint density at radius 3 is 2.52 bits per heavy atom. The van der Waals surface area contributed by atoms with Crippen LogP contribution in [0.5, 0.6) is 0 Å².